The third-order valence-electron chi connectivity index (χ3n) is 4.32. The molecule has 0 saturated carbocycles. The normalized spacial score (nSPS) is 11.9. The van der Waals surface area contributed by atoms with Crippen LogP contribution < -0.4 is 19.9 Å². The number of nitrogens with two attached hydrogens (primary N) is 1. The van der Waals surface area contributed by atoms with Gasteiger partial charge in [-0.2, -0.15) is 0 Å². The molecule has 1 atom stereocenters. The third kappa shape index (κ3) is 4.89. The molecule has 4 heteroatoms. The van der Waals surface area contributed by atoms with Gasteiger partial charge >= 0.3 is 0 Å². The van der Waals surface area contributed by atoms with Crippen molar-refractivity contribution in [2.75, 3.05) is 26.9 Å². The molecule has 0 amide bonds. The van der Waals surface area contributed by atoms with Gasteiger partial charge in [-0.05, 0) is 68.6 Å². The highest BCUT2D eigenvalue weighted by Crippen LogP contribution is 2.32. The second-order valence-corrected chi connectivity index (χ2v) is 5.99. The number of hydrogen-bond acceptors (Lipinski definition) is 4. The first-order valence-electron chi connectivity index (χ1n) is 8.86. The van der Waals surface area contributed by atoms with Crippen LogP contribution >= 0.6 is 0 Å². The summed E-state index contributed by atoms with van der Waals surface area (Å²) in [5, 5.41) is 0. The van der Waals surface area contributed by atoms with Crippen LogP contribution in [0.3, 0.4) is 0 Å². The molecule has 2 N–H and O–H groups in total. The molecule has 2 aromatic carbocycles. The molecule has 25 heavy (non-hydrogen) atoms. The van der Waals surface area contributed by atoms with Gasteiger partial charge in [-0.25, -0.2) is 0 Å². The summed E-state index contributed by atoms with van der Waals surface area (Å²) in [5.74, 6) is 2.80. The zero-order chi connectivity index (χ0) is 18.2. The van der Waals surface area contributed by atoms with Gasteiger partial charge in [0.1, 0.15) is 17.2 Å². The maximum atomic E-state index is 6.10. The van der Waals surface area contributed by atoms with E-state index < -0.39 is 0 Å². The van der Waals surface area contributed by atoms with Crippen LogP contribution in [0.15, 0.2) is 36.4 Å². The summed E-state index contributed by atoms with van der Waals surface area (Å²) in [6, 6.07) is 12.2. The Morgan fingerprint density at radius 1 is 0.960 bits per heavy atom. The third-order valence-corrected chi connectivity index (χ3v) is 4.32. The molecule has 0 aliphatic rings. The van der Waals surface area contributed by atoms with Crippen LogP contribution in [-0.4, -0.2) is 26.9 Å². The lowest BCUT2D eigenvalue weighted by atomic mass is 9.88. The molecule has 0 bridgehead atoms. The van der Waals surface area contributed by atoms with Crippen molar-refractivity contribution in [1.29, 1.82) is 0 Å². The number of benzene rings is 2. The van der Waals surface area contributed by atoms with E-state index in [0.717, 1.165) is 29.2 Å². The number of hydrogen-bond donors (Lipinski definition) is 1. The SMILES string of the molecule is CCOc1ccc(CC(CN)c2ccc(OC)cc2C)c(OCC)c1. The second-order valence-electron chi connectivity index (χ2n) is 5.99. The van der Waals surface area contributed by atoms with Gasteiger partial charge < -0.3 is 19.9 Å². The minimum Gasteiger partial charge on any atom is -0.497 e. The number of rotatable bonds is 9. The first-order valence-corrected chi connectivity index (χ1v) is 8.86. The van der Waals surface area contributed by atoms with E-state index in [1.807, 2.05) is 32.0 Å². The van der Waals surface area contributed by atoms with Gasteiger partial charge in [-0.3, -0.25) is 0 Å². The summed E-state index contributed by atoms with van der Waals surface area (Å²) in [4.78, 5) is 0. The molecule has 0 spiro atoms. The summed E-state index contributed by atoms with van der Waals surface area (Å²) in [7, 11) is 1.68. The zero-order valence-corrected chi connectivity index (χ0v) is 15.7. The van der Waals surface area contributed by atoms with Gasteiger partial charge in [-0.15, -0.1) is 0 Å². The Balaban J connectivity index is 2.28. The molecule has 2 aromatic rings. The zero-order valence-electron chi connectivity index (χ0n) is 15.7. The van der Waals surface area contributed by atoms with Crippen LogP contribution in [0.25, 0.3) is 0 Å². The molecule has 0 saturated heterocycles. The van der Waals surface area contributed by atoms with Crippen LogP contribution in [0.2, 0.25) is 0 Å². The quantitative estimate of drug-likeness (QED) is 0.745. The monoisotopic (exact) mass is 343 g/mol. The summed E-state index contributed by atoms with van der Waals surface area (Å²) in [6.45, 7) is 7.91. The van der Waals surface area contributed by atoms with E-state index in [-0.39, 0.29) is 5.92 Å². The van der Waals surface area contributed by atoms with Crippen LogP contribution in [0, 0.1) is 6.92 Å². The Bertz CT molecular complexity index is 685. The van der Waals surface area contributed by atoms with Crippen LogP contribution in [-0.2, 0) is 6.42 Å². The molecule has 1 unspecified atom stereocenters. The van der Waals surface area contributed by atoms with Crippen molar-refractivity contribution in [1.82, 2.24) is 0 Å². The van der Waals surface area contributed by atoms with Gasteiger partial charge in [-0.1, -0.05) is 12.1 Å². The van der Waals surface area contributed by atoms with Gasteiger partial charge in [0.2, 0.25) is 0 Å². The summed E-state index contributed by atoms with van der Waals surface area (Å²) in [6.07, 6.45) is 0.825. The molecule has 0 aliphatic carbocycles. The molecule has 136 valence electrons. The van der Waals surface area contributed by atoms with Crippen LogP contribution in [0.4, 0.5) is 0 Å². The maximum absolute atomic E-state index is 6.10. The highest BCUT2D eigenvalue weighted by molar-refractivity contribution is 5.43. The Hall–Kier alpha value is -2.20. The topological polar surface area (TPSA) is 53.7 Å². The van der Waals surface area contributed by atoms with Crippen molar-refractivity contribution in [2.24, 2.45) is 5.73 Å². The minimum atomic E-state index is 0.225. The standard InChI is InChI=1S/C21H29NO3/c1-5-24-19-8-7-16(21(13-19)25-6-2)12-17(14-22)20-10-9-18(23-4)11-15(20)3/h7-11,13,17H,5-6,12,14,22H2,1-4H3. The van der Waals surface area contributed by atoms with Crippen molar-refractivity contribution in [3.63, 3.8) is 0 Å². The molecule has 0 fully saturated rings. The van der Waals surface area contributed by atoms with Gasteiger partial charge in [0.15, 0.2) is 0 Å². The summed E-state index contributed by atoms with van der Waals surface area (Å²) in [5.41, 5.74) is 9.69. The van der Waals surface area contributed by atoms with E-state index in [1.165, 1.54) is 11.1 Å². The van der Waals surface area contributed by atoms with Crippen molar-refractivity contribution in [3.05, 3.63) is 53.1 Å². The Morgan fingerprint density at radius 3 is 2.28 bits per heavy atom. The molecule has 2 rings (SSSR count). The van der Waals surface area contributed by atoms with Crippen molar-refractivity contribution >= 4 is 0 Å². The largest absolute Gasteiger partial charge is 0.497 e. The molecule has 0 heterocycles. The van der Waals surface area contributed by atoms with Crippen LogP contribution in [0.5, 0.6) is 17.2 Å². The lowest BCUT2D eigenvalue weighted by Crippen LogP contribution is -2.16. The Labute approximate surface area is 150 Å². The predicted molar refractivity (Wildman–Crippen MR) is 102 cm³/mol. The lowest BCUT2D eigenvalue weighted by molar-refractivity contribution is 0.320. The van der Waals surface area contributed by atoms with Crippen molar-refractivity contribution in [3.8, 4) is 17.2 Å². The first-order chi connectivity index (χ1) is 12.1. The number of aryl methyl sites for hydroxylation is 1. The average molecular weight is 343 g/mol. The lowest BCUT2D eigenvalue weighted by Gasteiger charge is -2.20. The van der Waals surface area contributed by atoms with E-state index in [0.29, 0.717) is 19.8 Å². The van der Waals surface area contributed by atoms with E-state index >= 15 is 0 Å². The first kappa shape index (κ1) is 19.1. The summed E-state index contributed by atoms with van der Waals surface area (Å²) < 4.78 is 16.7. The molecule has 4 nitrogen and oxygen atoms in total. The molecule has 0 aliphatic heterocycles. The minimum absolute atomic E-state index is 0.225. The van der Waals surface area contributed by atoms with Crippen molar-refractivity contribution < 1.29 is 14.2 Å². The van der Waals surface area contributed by atoms with E-state index in [2.05, 4.69) is 25.1 Å². The predicted octanol–water partition coefficient (Wildman–Crippen LogP) is 4.09. The molecular weight excluding hydrogens is 314 g/mol. The average Bonchev–Trinajstić information content (AvgIpc) is 2.62. The highest BCUT2D eigenvalue weighted by Gasteiger charge is 2.17. The maximum Gasteiger partial charge on any atom is 0.126 e. The van der Waals surface area contributed by atoms with E-state index in [1.54, 1.807) is 7.11 Å². The van der Waals surface area contributed by atoms with E-state index in [4.69, 9.17) is 19.9 Å². The fourth-order valence-electron chi connectivity index (χ4n) is 3.07. The smallest absolute Gasteiger partial charge is 0.126 e. The molecule has 0 radical (unpaired) electrons. The molecular formula is C21H29NO3. The second kappa shape index (κ2) is 9.33. The van der Waals surface area contributed by atoms with Gasteiger partial charge in [0, 0.05) is 12.0 Å². The fourth-order valence-corrected chi connectivity index (χ4v) is 3.07. The van der Waals surface area contributed by atoms with Gasteiger partial charge in [0.25, 0.3) is 0 Å². The summed E-state index contributed by atoms with van der Waals surface area (Å²) >= 11 is 0. The fraction of sp³-hybridized carbons (Fsp3) is 0.429. The Kier molecular flexibility index (Phi) is 7.14. The highest BCUT2D eigenvalue weighted by atomic mass is 16.5. The van der Waals surface area contributed by atoms with Crippen LogP contribution in [0.1, 0.15) is 36.5 Å². The van der Waals surface area contributed by atoms with E-state index in [9.17, 15) is 0 Å². The van der Waals surface area contributed by atoms with Crippen molar-refractivity contribution in [2.45, 2.75) is 33.1 Å². The number of ether oxygens (including phenoxy) is 3. The molecule has 0 aromatic heterocycles. The Morgan fingerprint density at radius 2 is 1.68 bits per heavy atom. The number of methoxy groups -OCH3 is 1. The van der Waals surface area contributed by atoms with Gasteiger partial charge in [0.05, 0.1) is 20.3 Å².